The third-order valence-corrected chi connectivity index (χ3v) is 3.90. The van der Waals surface area contributed by atoms with Crippen LogP contribution in [0.15, 0.2) is 42.1 Å². The van der Waals surface area contributed by atoms with Gasteiger partial charge in [-0.25, -0.2) is 0 Å². The van der Waals surface area contributed by atoms with E-state index in [0.717, 1.165) is 6.42 Å². The van der Waals surface area contributed by atoms with E-state index in [0.29, 0.717) is 0 Å². The Hall–Kier alpha value is -0.343. The molecule has 0 radical (unpaired) electrons. The van der Waals surface area contributed by atoms with Crippen LogP contribution in [0.25, 0.3) is 0 Å². The van der Waals surface area contributed by atoms with Crippen molar-refractivity contribution in [3.05, 3.63) is 47.7 Å². The van der Waals surface area contributed by atoms with Crippen LogP contribution in [0, 0.1) is 0 Å². The maximum absolute atomic E-state index is 3.45. The normalized spacial score (nSPS) is 11.8. The molecular weight excluding hydrogens is 228 g/mol. The quantitative estimate of drug-likeness (QED) is 0.560. The molecule has 0 amide bonds. The highest BCUT2D eigenvalue weighted by molar-refractivity contribution is 9.09. The van der Waals surface area contributed by atoms with Crippen molar-refractivity contribution in [1.82, 2.24) is 0 Å². The van der Waals surface area contributed by atoms with E-state index in [1.54, 1.807) is 0 Å². The first-order chi connectivity index (χ1) is 5.93. The van der Waals surface area contributed by atoms with Gasteiger partial charge in [0, 0.05) is 0 Å². The van der Waals surface area contributed by atoms with Gasteiger partial charge in [-0.1, -0.05) is 52.3 Å². The number of allylic oxidation sites excluding steroid dienone is 1. The Labute approximate surface area is 84.6 Å². The largest absolute Gasteiger partial charge is 0.104 e. The monoisotopic (exact) mass is 240 g/mol. The number of rotatable bonds is 4. The summed E-state index contributed by atoms with van der Waals surface area (Å²) in [6.45, 7) is 0. The van der Waals surface area contributed by atoms with E-state index in [9.17, 15) is 0 Å². The predicted molar refractivity (Wildman–Crippen MR) is 61.6 cm³/mol. The molecule has 1 aromatic rings. The van der Waals surface area contributed by atoms with Crippen LogP contribution < -0.4 is 0 Å². The minimum Gasteiger partial charge on any atom is -0.104 e. The Bertz CT molecular complexity index is 231. The first kappa shape index (κ1) is 9.74. The number of hydrogen-bond donors (Lipinski definition) is 0. The lowest BCUT2D eigenvalue weighted by atomic mass is 10.2. The van der Waals surface area contributed by atoms with E-state index < -0.39 is 0 Å². The van der Waals surface area contributed by atoms with Crippen molar-refractivity contribution < 1.29 is 0 Å². The van der Waals surface area contributed by atoms with Gasteiger partial charge in [0.05, 0.1) is 9.52 Å². The first-order valence-corrected chi connectivity index (χ1v) is 7.12. The van der Waals surface area contributed by atoms with Gasteiger partial charge >= 0.3 is 0 Å². The molecule has 0 aliphatic carbocycles. The van der Waals surface area contributed by atoms with Gasteiger partial charge < -0.3 is 0 Å². The van der Waals surface area contributed by atoms with E-state index in [1.807, 2.05) is 0 Å². The maximum Gasteiger partial charge on any atom is 0.0566 e. The van der Waals surface area contributed by atoms with Crippen molar-refractivity contribution >= 4 is 25.4 Å². The minimum atomic E-state index is 0.0419. The van der Waals surface area contributed by atoms with Crippen LogP contribution in [0.1, 0.15) is 5.56 Å². The molecule has 1 rings (SSSR count). The zero-order valence-corrected chi connectivity index (χ0v) is 10.0. The second kappa shape index (κ2) is 6.20. The highest BCUT2D eigenvalue weighted by Gasteiger charge is 1.84. The number of alkyl halides is 1. The van der Waals surface area contributed by atoms with Gasteiger partial charge in [-0.05, 0) is 16.9 Å². The second-order valence-corrected chi connectivity index (χ2v) is 6.44. The molecule has 0 saturated carbocycles. The lowest BCUT2D eigenvalue weighted by molar-refractivity contribution is 1.27. The van der Waals surface area contributed by atoms with Crippen molar-refractivity contribution in [2.75, 3.05) is 4.95 Å². The summed E-state index contributed by atoms with van der Waals surface area (Å²) in [5, 5.41) is 0. The molecule has 0 saturated heterocycles. The summed E-state index contributed by atoms with van der Waals surface area (Å²) in [6, 6.07) is 10.6. The van der Waals surface area contributed by atoms with Crippen molar-refractivity contribution in [3.8, 4) is 0 Å². The fourth-order valence-corrected chi connectivity index (χ4v) is 2.34. The molecule has 0 aromatic heterocycles. The van der Waals surface area contributed by atoms with Gasteiger partial charge in [0.15, 0.2) is 0 Å². The zero-order chi connectivity index (χ0) is 8.65. The zero-order valence-electron chi connectivity index (χ0n) is 7.04. The van der Waals surface area contributed by atoms with Gasteiger partial charge in [-0.2, -0.15) is 0 Å². The fourth-order valence-electron chi connectivity index (χ4n) is 1.01. The molecule has 0 bridgehead atoms. The van der Waals surface area contributed by atoms with Gasteiger partial charge in [-0.15, -0.1) is 5.70 Å². The maximum atomic E-state index is 3.45. The van der Waals surface area contributed by atoms with E-state index in [4.69, 9.17) is 0 Å². The summed E-state index contributed by atoms with van der Waals surface area (Å²) in [7, 11) is 0.0419. The van der Waals surface area contributed by atoms with Crippen LogP contribution >= 0.6 is 15.9 Å². The third kappa shape index (κ3) is 3.88. The summed E-state index contributed by atoms with van der Waals surface area (Å²) < 4.78 is 0. The van der Waals surface area contributed by atoms with Gasteiger partial charge in [0.1, 0.15) is 0 Å². The third-order valence-electron chi connectivity index (χ3n) is 1.64. The molecule has 0 heterocycles. The van der Waals surface area contributed by atoms with Crippen molar-refractivity contribution in [3.63, 3.8) is 0 Å². The summed E-state index contributed by atoms with van der Waals surface area (Å²) in [5.74, 6) is 0. The molecule has 0 atom stereocenters. The van der Waals surface area contributed by atoms with Crippen LogP contribution in [0.3, 0.4) is 0 Å². The lowest BCUT2D eigenvalue weighted by Crippen LogP contribution is -1.85. The number of hydrogen-bond acceptors (Lipinski definition) is 0. The molecular formula is C10H13BrSi. The Kier molecular flexibility index (Phi) is 5.04. The molecule has 0 fully saturated rings. The van der Waals surface area contributed by atoms with E-state index in [2.05, 4.69) is 58.0 Å². The topological polar surface area (TPSA) is 0 Å². The van der Waals surface area contributed by atoms with Gasteiger partial charge in [0.25, 0.3) is 0 Å². The summed E-state index contributed by atoms with van der Waals surface area (Å²) in [6.07, 6.45) is 3.36. The highest BCUT2D eigenvalue weighted by atomic mass is 79.9. The van der Waals surface area contributed by atoms with Crippen molar-refractivity contribution in [1.29, 1.82) is 0 Å². The van der Waals surface area contributed by atoms with E-state index in [-0.39, 0.29) is 9.52 Å². The molecule has 12 heavy (non-hydrogen) atoms. The van der Waals surface area contributed by atoms with Crippen LogP contribution in [-0.2, 0) is 6.42 Å². The minimum absolute atomic E-state index is 0.0419. The predicted octanol–water partition coefficient (Wildman–Crippen LogP) is 2.26. The first-order valence-electron chi connectivity index (χ1n) is 4.18. The molecule has 0 aliphatic heterocycles. The van der Waals surface area contributed by atoms with Gasteiger partial charge in [0.2, 0.25) is 0 Å². The second-order valence-electron chi connectivity index (χ2n) is 2.64. The average molecular weight is 241 g/mol. The SMILES string of the molecule is BrC[SiH2]C=CCc1ccccc1. The number of halogens is 1. The average Bonchev–Trinajstić information content (AvgIpc) is 2.14. The van der Waals surface area contributed by atoms with Crippen LogP contribution in [0.5, 0.6) is 0 Å². The molecule has 0 N–H and O–H groups in total. The summed E-state index contributed by atoms with van der Waals surface area (Å²) in [5.41, 5.74) is 3.75. The Morgan fingerprint density at radius 1 is 1.25 bits per heavy atom. The molecule has 0 aliphatic rings. The van der Waals surface area contributed by atoms with E-state index in [1.165, 1.54) is 10.5 Å². The van der Waals surface area contributed by atoms with Crippen LogP contribution in [0.4, 0.5) is 0 Å². The summed E-state index contributed by atoms with van der Waals surface area (Å²) >= 11 is 3.45. The molecule has 64 valence electrons. The molecule has 0 spiro atoms. The Morgan fingerprint density at radius 3 is 2.67 bits per heavy atom. The molecule has 0 nitrogen and oxygen atoms in total. The van der Waals surface area contributed by atoms with Crippen molar-refractivity contribution in [2.45, 2.75) is 6.42 Å². The summed E-state index contributed by atoms with van der Waals surface area (Å²) in [4.78, 5) is 1.19. The number of benzene rings is 1. The van der Waals surface area contributed by atoms with Crippen LogP contribution in [0.2, 0.25) is 0 Å². The van der Waals surface area contributed by atoms with Gasteiger partial charge in [-0.3, -0.25) is 0 Å². The van der Waals surface area contributed by atoms with Crippen LogP contribution in [-0.4, -0.2) is 14.5 Å². The Balaban J connectivity index is 2.33. The molecule has 0 unspecified atom stereocenters. The fraction of sp³-hybridized carbons (Fsp3) is 0.200. The van der Waals surface area contributed by atoms with Crippen molar-refractivity contribution in [2.24, 2.45) is 0 Å². The smallest absolute Gasteiger partial charge is 0.0566 e. The standard InChI is InChI=1S/C10H13BrSi/c11-9-12-8-4-7-10-5-2-1-3-6-10/h1-6,8H,7,9,12H2. The lowest BCUT2D eigenvalue weighted by Gasteiger charge is -1.93. The van der Waals surface area contributed by atoms with E-state index >= 15 is 0 Å². The molecule has 2 heteroatoms. The molecule has 1 aromatic carbocycles. The highest BCUT2D eigenvalue weighted by Crippen LogP contribution is 1.99. The Morgan fingerprint density at radius 2 is 2.00 bits per heavy atom.